The van der Waals surface area contributed by atoms with E-state index in [2.05, 4.69) is 10.3 Å². The van der Waals surface area contributed by atoms with Gasteiger partial charge < -0.3 is 19.7 Å². The van der Waals surface area contributed by atoms with E-state index in [4.69, 9.17) is 9.47 Å². The normalized spacial score (nSPS) is 11.7. The molecule has 27 heavy (non-hydrogen) atoms. The van der Waals surface area contributed by atoms with Crippen LogP contribution in [0.3, 0.4) is 0 Å². The van der Waals surface area contributed by atoms with Crippen molar-refractivity contribution >= 4 is 39.8 Å². The predicted molar refractivity (Wildman–Crippen MR) is 116 cm³/mol. The van der Waals surface area contributed by atoms with Crippen molar-refractivity contribution in [1.29, 1.82) is 0 Å². The number of methoxy groups -OCH3 is 1. The standard InChI is InChI=1S/C17H28FN3O4S.HI/c1-5-19-17(20-8-9-25-10-11-26(4,22)23)21(2)13-14-6-7-16(24-3)15(18)12-14;/h6-7,12H,5,8-11,13H2,1-4H3,(H,19,20);1H. The molecule has 1 rings (SSSR count). The molecule has 0 saturated heterocycles. The molecule has 0 aliphatic rings. The quantitative estimate of drug-likeness (QED) is 0.221. The van der Waals surface area contributed by atoms with E-state index < -0.39 is 15.7 Å². The van der Waals surface area contributed by atoms with Gasteiger partial charge in [-0.25, -0.2) is 12.8 Å². The second-order valence-electron chi connectivity index (χ2n) is 5.80. The van der Waals surface area contributed by atoms with Crippen LogP contribution in [0, 0.1) is 5.82 Å². The highest BCUT2D eigenvalue weighted by Gasteiger charge is 2.09. The number of aliphatic imine (C=N–C) groups is 1. The second-order valence-corrected chi connectivity index (χ2v) is 8.06. The van der Waals surface area contributed by atoms with Crippen molar-refractivity contribution in [3.05, 3.63) is 29.6 Å². The lowest BCUT2D eigenvalue weighted by Crippen LogP contribution is -2.38. The maximum Gasteiger partial charge on any atom is 0.194 e. The molecule has 0 aliphatic carbocycles. The highest BCUT2D eigenvalue weighted by Crippen LogP contribution is 2.18. The van der Waals surface area contributed by atoms with E-state index in [1.165, 1.54) is 19.4 Å². The van der Waals surface area contributed by atoms with Crippen LogP contribution in [0.5, 0.6) is 5.75 Å². The Balaban J connectivity index is 0.00000676. The molecule has 1 aromatic carbocycles. The molecule has 0 aromatic heterocycles. The lowest BCUT2D eigenvalue weighted by atomic mass is 10.2. The number of hydrogen-bond donors (Lipinski definition) is 1. The Morgan fingerprint density at radius 3 is 2.59 bits per heavy atom. The van der Waals surface area contributed by atoms with Crippen LogP contribution in [0.2, 0.25) is 0 Å². The van der Waals surface area contributed by atoms with E-state index >= 15 is 0 Å². The van der Waals surface area contributed by atoms with Crippen molar-refractivity contribution in [2.24, 2.45) is 4.99 Å². The minimum Gasteiger partial charge on any atom is -0.494 e. The largest absolute Gasteiger partial charge is 0.494 e. The van der Waals surface area contributed by atoms with E-state index in [1.54, 1.807) is 12.1 Å². The molecule has 7 nitrogen and oxygen atoms in total. The van der Waals surface area contributed by atoms with Gasteiger partial charge in [-0.1, -0.05) is 6.07 Å². The fourth-order valence-corrected chi connectivity index (χ4v) is 2.58. The van der Waals surface area contributed by atoms with Crippen LogP contribution in [-0.4, -0.2) is 71.7 Å². The summed E-state index contributed by atoms with van der Waals surface area (Å²) < 4.78 is 46.1. The first-order chi connectivity index (χ1) is 12.3. The van der Waals surface area contributed by atoms with Crippen LogP contribution in [0.4, 0.5) is 4.39 Å². The van der Waals surface area contributed by atoms with Gasteiger partial charge >= 0.3 is 0 Å². The molecule has 0 radical (unpaired) electrons. The summed E-state index contributed by atoms with van der Waals surface area (Å²) >= 11 is 0. The molecular weight excluding hydrogens is 488 g/mol. The topological polar surface area (TPSA) is 80.2 Å². The Labute approximate surface area is 178 Å². The summed E-state index contributed by atoms with van der Waals surface area (Å²) in [6.45, 7) is 4.00. The van der Waals surface area contributed by atoms with Gasteiger partial charge in [0, 0.05) is 26.4 Å². The molecule has 1 aromatic rings. The Kier molecular flexibility index (Phi) is 12.6. The van der Waals surface area contributed by atoms with E-state index in [0.717, 1.165) is 5.56 Å². The van der Waals surface area contributed by atoms with E-state index in [-0.39, 0.29) is 42.1 Å². The Bertz CT molecular complexity index is 701. The molecular formula is C17H29FIN3O4S. The molecule has 0 spiro atoms. The lowest BCUT2D eigenvalue weighted by Gasteiger charge is -2.22. The summed E-state index contributed by atoms with van der Waals surface area (Å²) in [4.78, 5) is 6.31. The van der Waals surface area contributed by atoms with Gasteiger partial charge in [0.05, 0.1) is 32.6 Å². The molecule has 10 heteroatoms. The highest BCUT2D eigenvalue weighted by atomic mass is 127. The summed E-state index contributed by atoms with van der Waals surface area (Å²) in [5.74, 6) is 0.470. The Hall–Kier alpha value is -1.14. The van der Waals surface area contributed by atoms with Crippen LogP contribution in [-0.2, 0) is 21.1 Å². The van der Waals surface area contributed by atoms with Gasteiger partial charge in [-0.2, -0.15) is 0 Å². The van der Waals surface area contributed by atoms with Crippen LogP contribution >= 0.6 is 24.0 Å². The molecule has 0 bridgehead atoms. The number of ether oxygens (including phenoxy) is 2. The van der Waals surface area contributed by atoms with Crippen molar-refractivity contribution in [2.45, 2.75) is 13.5 Å². The zero-order valence-electron chi connectivity index (χ0n) is 16.2. The molecule has 0 fully saturated rings. The van der Waals surface area contributed by atoms with E-state index in [1.807, 2.05) is 18.9 Å². The molecule has 156 valence electrons. The average Bonchev–Trinajstić information content (AvgIpc) is 2.56. The first-order valence-corrected chi connectivity index (χ1v) is 10.4. The number of guanidine groups is 1. The van der Waals surface area contributed by atoms with Gasteiger partial charge in [-0.3, -0.25) is 4.99 Å². The summed E-state index contributed by atoms with van der Waals surface area (Å²) in [6, 6.07) is 4.83. The number of rotatable bonds is 10. The van der Waals surface area contributed by atoms with Crippen LogP contribution in [0.15, 0.2) is 23.2 Å². The minimum atomic E-state index is -3.01. The van der Waals surface area contributed by atoms with Crippen molar-refractivity contribution in [3.63, 3.8) is 0 Å². The third-order valence-corrected chi connectivity index (χ3v) is 4.34. The van der Waals surface area contributed by atoms with Crippen molar-refractivity contribution < 1.29 is 22.3 Å². The third-order valence-electron chi connectivity index (χ3n) is 3.43. The smallest absolute Gasteiger partial charge is 0.194 e. The number of nitrogens with one attached hydrogen (secondary N) is 1. The number of benzene rings is 1. The third kappa shape index (κ3) is 10.7. The van der Waals surface area contributed by atoms with Gasteiger partial charge in [0.1, 0.15) is 9.84 Å². The fourth-order valence-electron chi connectivity index (χ4n) is 2.16. The summed E-state index contributed by atoms with van der Waals surface area (Å²) in [7, 11) is 0.270. The van der Waals surface area contributed by atoms with Gasteiger partial charge in [0.15, 0.2) is 17.5 Å². The maximum atomic E-state index is 13.8. The molecule has 0 amide bonds. The Morgan fingerprint density at radius 2 is 2.04 bits per heavy atom. The fraction of sp³-hybridized carbons (Fsp3) is 0.588. The maximum absolute atomic E-state index is 13.8. The predicted octanol–water partition coefficient (Wildman–Crippen LogP) is 1.91. The number of halogens is 2. The lowest BCUT2D eigenvalue weighted by molar-refractivity contribution is 0.157. The van der Waals surface area contributed by atoms with Crippen molar-refractivity contribution in [2.75, 3.05) is 52.5 Å². The van der Waals surface area contributed by atoms with E-state index in [9.17, 15) is 12.8 Å². The van der Waals surface area contributed by atoms with Crippen molar-refractivity contribution in [1.82, 2.24) is 10.2 Å². The minimum absolute atomic E-state index is 0. The van der Waals surface area contributed by atoms with Gasteiger partial charge in [0.25, 0.3) is 0 Å². The number of hydrogen-bond acceptors (Lipinski definition) is 5. The SMILES string of the molecule is CCNC(=NCCOCCS(C)(=O)=O)N(C)Cc1ccc(OC)c(F)c1.I. The van der Waals surface area contributed by atoms with E-state index in [0.29, 0.717) is 32.2 Å². The molecule has 0 heterocycles. The molecule has 0 aliphatic heterocycles. The molecule has 1 N–H and O–H groups in total. The monoisotopic (exact) mass is 517 g/mol. The molecule has 0 saturated carbocycles. The van der Waals surface area contributed by atoms with Crippen LogP contribution < -0.4 is 10.1 Å². The van der Waals surface area contributed by atoms with Crippen LogP contribution in [0.1, 0.15) is 12.5 Å². The Morgan fingerprint density at radius 1 is 1.33 bits per heavy atom. The summed E-state index contributed by atoms with van der Waals surface area (Å²) in [6.07, 6.45) is 1.18. The first kappa shape index (κ1) is 25.9. The van der Waals surface area contributed by atoms with Gasteiger partial charge in [0.2, 0.25) is 0 Å². The van der Waals surface area contributed by atoms with Gasteiger partial charge in [-0.05, 0) is 24.6 Å². The number of sulfone groups is 1. The number of nitrogens with zero attached hydrogens (tertiary/aromatic N) is 2. The van der Waals surface area contributed by atoms with Gasteiger partial charge in [-0.15, -0.1) is 24.0 Å². The van der Waals surface area contributed by atoms with Crippen molar-refractivity contribution in [3.8, 4) is 5.75 Å². The molecule has 0 atom stereocenters. The van der Waals surface area contributed by atoms with Crippen LogP contribution in [0.25, 0.3) is 0 Å². The molecule has 0 unspecified atom stereocenters. The zero-order chi connectivity index (χ0) is 19.6. The highest BCUT2D eigenvalue weighted by molar-refractivity contribution is 14.0. The first-order valence-electron chi connectivity index (χ1n) is 8.34. The summed E-state index contributed by atoms with van der Waals surface area (Å²) in [5.41, 5.74) is 0.792. The summed E-state index contributed by atoms with van der Waals surface area (Å²) in [5, 5.41) is 3.16. The average molecular weight is 517 g/mol. The second kappa shape index (κ2) is 13.1. The zero-order valence-corrected chi connectivity index (χ0v) is 19.3.